The Morgan fingerprint density at radius 3 is 2.38 bits per heavy atom. The second kappa shape index (κ2) is 8.46. The molecule has 0 aliphatic carbocycles. The lowest BCUT2D eigenvalue weighted by atomic mass is 10.5. The molecule has 0 saturated carbocycles. The second-order valence-corrected chi connectivity index (χ2v) is 2.95. The predicted molar refractivity (Wildman–Crippen MR) is 41.3 cm³/mol. The van der Waals surface area contributed by atoms with Crippen molar-refractivity contribution in [1.29, 1.82) is 0 Å². The van der Waals surface area contributed by atoms with Crippen LogP contribution in [0.3, 0.4) is 0 Å². The van der Waals surface area contributed by atoms with Crippen LogP contribution in [0.25, 0.3) is 0 Å². The van der Waals surface area contributed by atoms with E-state index in [0.717, 1.165) is 0 Å². The third-order valence-corrected chi connectivity index (χ3v) is 1.69. The lowest BCUT2D eigenvalue weighted by Gasteiger charge is -2.02. The van der Waals surface area contributed by atoms with Crippen LogP contribution < -0.4 is 0 Å². The average molecular weight is 220 g/mol. The average Bonchev–Trinajstić information content (AvgIpc) is 2.04. The minimum atomic E-state index is -2.48. The van der Waals surface area contributed by atoms with Gasteiger partial charge in [0.05, 0.1) is 19.9 Å². The Kier molecular flexibility index (Phi) is 8.37. The zero-order chi connectivity index (χ0) is 10.1. The van der Waals surface area contributed by atoms with Crippen molar-refractivity contribution >= 4 is 11.4 Å². The van der Waals surface area contributed by atoms with Crippen molar-refractivity contribution in [2.24, 2.45) is 0 Å². The molecule has 80 valence electrons. The third kappa shape index (κ3) is 9.78. The summed E-state index contributed by atoms with van der Waals surface area (Å²) in [6.07, 6.45) is -2.86. The van der Waals surface area contributed by atoms with Crippen LogP contribution in [0.1, 0.15) is 12.8 Å². The van der Waals surface area contributed by atoms with Crippen molar-refractivity contribution in [2.75, 3.05) is 19.9 Å². The maximum absolute atomic E-state index is 11.5. The molecule has 0 aromatic rings. The van der Waals surface area contributed by atoms with Crippen molar-refractivity contribution in [3.05, 3.63) is 0 Å². The second-order valence-electron chi connectivity index (χ2n) is 2.07. The van der Waals surface area contributed by atoms with Crippen molar-refractivity contribution in [3.8, 4) is 0 Å². The van der Waals surface area contributed by atoms with Crippen LogP contribution in [-0.4, -0.2) is 30.5 Å². The van der Waals surface area contributed by atoms with Crippen LogP contribution >= 0.6 is 0 Å². The number of alkyl halides is 3. The highest BCUT2D eigenvalue weighted by Gasteiger charge is 2.05. The van der Waals surface area contributed by atoms with Crippen molar-refractivity contribution in [2.45, 2.75) is 19.3 Å². The molecule has 3 nitrogen and oxygen atoms in total. The zero-order valence-corrected chi connectivity index (χ0v) is 7.70. The molecule has 0 heterocycles. The van der Waals surface area contributed by atoms with E-state index in [-0.39, 0.29) is 19.6 Å². The maximum atomic E-state index is 11.5. The molecular formula is C6H11F3O3S. The normalized spacial score (nSPS) is 13.5. The highest BCUT2D eigenvalue weighted by Crippen LogP contribution is 2.00. The summed E-state index contributed by atoms with van der Waals surface area (Å²) >= 11 is -2.04. The first-order valence-corrected chi connectivity index (χ1v) is 4.69. The van der Waals surface area contributed by atoms with Gasteiger partial charge in [0.25, 0.3) is 0 Å². The molecule has 0 bridgehead atoms. The first-order valence-electron chi connectivity index (χ1n) is 3.69. The van der Waals surface area contributed by atoms with E-state index in [1.54, 1.807) is 0 Å². The van der Waals surface area contributed by atoms with Crippen molar-refractivity contribution in [1.82, 2.24) is 0 Å². The van der Waals surface area contributed by atoms with E-state index >= 15 is 0 Å². The van der Waals surface area contributed by atoms with Gasteiger partial charge in [0.15, 0.2) is 0 Å². The van der Waals surface area contributed by atoms with Gasteiger partial charge in [-0.1, -0.05) is 0 Å². The molecule has 0 saturated heterocycles. The van der Waals surface area contributed by atoms with E-state index in [0.29, 0.717) is 0 Å². The Hall–Kier alpha value is -0.140. The van der Waals surface area contributed by atoms with Gasteiger partial charge in [-0.05, 0) is 0 Å². The third-order valence-electron chi connectivity index (χ3n) is 0.973. The summed E-state index contributed by atoms with van der Waals surface area (Å²) in [4.78, 5) is 0. The number of hydrogen-bond acceptors (Lipinski definition) is 3. The van der Waals surface area contributed by atoms with Gasteiger partial charge < -0.3 is 0 Å². The molecule has 0 amide bonds. The Morgan fingerprint density at radius 1 is 1.23 bits per heavy atom. The number of rotatable bonds is 8. The van der Waals surface area contributed by atoms with Crippen LogP contribution in [0.15, 0.2) is 0 Å². The summed E-state index contributed by atoms with van der Waals surface area (Å²) in [5.41, 5.74) is 0. The summed E-state index contributed by atoms with van der Waals surface area (Å²) < 4.78 is 53.9. The predicted octanol–water partition coefficient (Wildman–Crippen LogP) is 1.61. The summed E-state index contributed by atoms with van der Waals surface area (Å²) in [6, 6.07) is 0. The fourth-order valence-electron chi connectivity index (χ4n) is 0.421. The molecule has 1 atom stereocenters. The van der Waals surface area contributed by atoms with Gasteiger partial charge >= 0.3 is 11.4 Å². The molecule has 0 fully saturated rings. The molecule has 0 rings (SSSR count). The lowest BCUT2D eigenvalue weighted by Crippen LogP contribution is -2.07. The van der Waals surface area contributed by atoms with Gasteiger partial charge in [0.1, 0.15) is 0 Å². The van der Waals surface area contributed by atoms with E-state index in [9.17, 15) is 17.4 Å². The number of halogens is 3. The molecular weight excluding hydrogens is 209 g/mol. The van der Waals surface area contributed by atoms with E-state index in [2.05, 4.69) is 8.37 Å². The van der Waals surface area contributed by atoms with Crippen LogP contribution in [0.2, 0.25) is 0 Å². The largest absolute Gasteiger partial charge is 0.304 e. The van der Waals surface area contributed by atoms with E-state index < -0.39 is 30.9 Å². The minimum absolute atomic E-state index is 0.0439. The molecule has 13 heavy (non-hydrogen) atoms. The van der Waals surface area contributed by atoms with Gasteiger partial charge in [-0.15, -0.1) is 0 Å². The van der Waals surface area contributed by atoms with E-state index in [4.69, 9.17) is 0 Å². The van der Waals surface area contributed by atoms with Crippen molar-refractivity contribution in [3.63, 3.8) is 0 Å². The van der Waals surface area contributed by atoms with E-state index in [1.165, 1.54) is 0 Å². The van der Waals surface area contributed by atoms with Gasteiger partial charge in [-0.2, -0.15) is 4.21 Å². The molecule has 0 spiro atoms. The van der Waals surface area contributed by atoms with E-state index in [1.807, 2.05) is 0 Å². The Bertz CT molecular complexity index is 145. The Morgan fingerprint density at radius 2 is 1.85 bits per heavy atom. The molecule has 1 unspecified atom stereocenters. The SMILES string of the molecule is O=S(OCCCF)OCCC(F)F. The first kappa shape index (κ1) is 12.9. The van der Waals surface area contributed by atoms with Gasteiger partial charge in [-0.3, -0.25) is 12.8 Å². The van der Waals surface area contributed by atoms with Crippen LogP contribution in [0.4, 0.5) is 13.2 Å². The Balaban J connectivity index is 3.20. The quantitative estimate of drug-likeness (QED) is 0.583. The summed E-state index contributed by atoms with van der Waals surface area (Å²) in [5, 5.41) is 0. The molecule has 0 aromatic carbocycles. The molecule has 0 aromatic heterocycles. The molecule has 0 N–H and O–H groups in total. The maximum Gasteiger partial charge on any atom is 0.304 e. The minimum Gasteiger partial charge on any atom is -0.268 e. The summed E-state index contributed by atoms with van der Waals surface area (Å²) in [5.74, 6) is 0. The standard InChI is InChI=1S/C6H11F3O3S/c7-3-1-4-11-13(10)12-5-2-6(8)9/h6H,1-5H2. The molecule has 0 aliphatic rings. The van der Waals surface area contributed by atoms with Crippen LogP contribution in [0, 0.1) is 0 Å². The lowest BCUT2D eigenvalue weighted by molar-refractivity contribution is 0.113. The fourth-order valence-corrected chi connectivity index (χ4v) is 0.975. The smallest absolute Gasteiger partial charge is 0.268 e. The Labute approximate surface area is 77.1 Å². The van der Waals surface area contributed by atoms with Gasteiger partial charge in [0, 0.05) is 12.8 Å². The monoisotopic (exact) mass is 220 g/mol. The topological polar surface area (TPSA) is 35.5 Å². The fraction of sp³-hybridized carbons (Fsp3) is 1.00. The summed E-state index contributed by atoms with van der Waals surface area (Å²) in [6.45, 7) is -0.952. The van der Waals surface area contributed by atoms with Gasteiger partial charge in [-0.25, -0.2) is 8.78 Å². The van der Waals surface area contributed by atoms with Crippen LogP contribution in [-0.2, 0) is 19.7 Å². The molecule has 0 aliphatic heterocycles. The summed E-state index contributed by atoms with van der Waals surface area (Å²) in [7, 11) is 0. The van der Waals surface area contributed by atoms with Crippen LogP contribution in [0.5, 0.6) is 0 Å². The van der Waals surface area contributed by atoms with Gasteiger partial charge in [0.2, 0.25) is 6.43 Å². The highest BCUT2D eigenvalue weighted by atomic mass is 32.2. The number of hydrogen-bond donors (Lipinski definition) is 0. The molecule has 7 heteroatoms. The highest BCUT2D eigenvalue weighted by molar-refractivity contribution is 7.75. The van der Waals surface area contributed by atoms with Crippen molar-refractivity contribution < 1.29 is 25.7 Å². The zero-order valence-electron chi connectivity index (χ0n) is 6.88. The first-order chi connectivity index (χ1) is 6.16. The molecule has 0 radical (unpaired) electrons.